The molecule has 1 heterocycles. The van der Waals surface area contributed by atoms with Crippen molar-refractivity contribution in [2.45, 2.75) is 0 Å². The van der Waals surface area contributed by atoms with Crippen LogP contribution in [0.1, 0.15) is 0 Å². The van der Waals surface area contributed by atoms with Gasteiger partial charge < -0.3 is 9.52 Å². The molecule has 0 unspecified atom stereocenters. The summed E-state index contributed by atoms with van der Waals surface area (Å²) in [4.78, 5) is 12.4. The van der Waals surface area contributed by atoms with Gasteiger partial charge in [-0.05, 0) is 50.1 Å². The van der Waals surface area contributed by atoms with Crippen molar-refractivity contribution in [3.63, 3.8) is 0 Å². The lowest BCUT2D eigenvalue weighted by atomic mass is 10.1. The second-order valence-electron chi connectivity index (χ2n) is 3.82. The first-order chi connectivity index (χ1) is 8.59. The number of para-hydroxylation sites is 1. The molecule has 0 bridgehead atoms. The van der Waals surface area contributed by atoms with Gasteiger partial charge in [-0.2, -0.15) is 0 Å². The first-order valence-corrected chi connectivity index (χ1v) is 6.70. The zero-order chi connectivity index (χ0) is 12.9. The van der Waals surface area contributed by atoms with Crippen LogP contribution < -0.4 is 5.43 Å². The first kappa shape index (κ1) is 11.7. The molecule has 2 aromatic carbocycles. The first-order valence-electron chi connectivity index (χ1n) is 5.12. The van der Waals surface area contributed by atoms with Crippen molar-refractivity contribution < 1.29 is 9.52 Å². The fraction of sp³-hybridized carbons (Fsp3) is 0. The van der Waals surface area contributed by atoms with Crippen molar-refractivity contribution in [2.75, 3.05) is 0 Å². The summed E-state index contributed by atoms with van der Waals surface area (Å²) >= 11 is 6.53. The van der Waals surface area contributed by atoms with Crippen LogP contribution in [-0.2, 0) is 0 Å². The third-order valence-corrected chi connectivity index (χ3v) is 3.92. The number of phenolic OH excluding ortho intramolecular Hbond substituents is 1. The number of phenols is 1. The molecule has 0 spiro atoms. The monoisotopic (exact) mass is 368 g/mol. The van der Waals surface area contributed by atoms with Gasteiger partial charge in [0.15, 0.2) is 5.58 Å². The van der Waals surface area contributed by atoms with Gasteiger partial charge in [0, 0.05) is 0 Å². The average Bonchev–Trinajstić information content (AvgIpc) is 2.36. The number of halogens is 2. The lowest BCUT2D eigenvalue weighted by Crippen LogP contribution is -2.02. The van der Waals surface area contributed by atoms with Crippen LogP contribution in [0.2, 0.25) is 0 Å². The van der Waals surface area contributed by atoms with Gasteiger partial charge in [-0.15, -0.1) is 0 Å². The number of rotatable bonds is 0. The highest BCUT2D eigenvalue weighted by Gasteiger charge is 2.16. The molecule has 0 fully saturated rings. The van der Waals surface area contributed by atoms with Gasteiger partial charge in [0.1, 0.15) is 16.7 Å². The van der Waals surface area contributed by atoms with Crippen LogP contribution in [0.3, 0.4) is 0 Å². The maximum absolute atomic E-state index is 12.4. The van der Waals surface area contributed by atoms with Crippen molar-refractivity contribution in [3.05, 3.63) is 49.5 Å². The normalized spacial score (nSPS) is 11.2. The molecule has 0 amide bonds. The van der Waals surface area contributed by atoms with Crippen molar-refractivity contribution >= 4 is 53.8 Å². The lowest BCUT2D eigenvalue weighted by Gasteiger charge is -2.06. The lowest BCUT2D eigenvalue weighted by molar-refractivity contribution is 0.477. The van der Waals surface area contributed by atoms with Crippen molar-refractivity contribution in [2.24, 2.45) is 0 Å². The molecule has 0 atom stereocenters. The molecule has 1 aromatic heterocycles. The van der Waals surface area contributed by atoms with Crippen LogP contribution in [0.15, 0.2) is 48.5 Å². The van der Waals surface area contributed by atoms with Crippen LogP contribution >= 0.6 is 31.9 Å². The van der Waals surface area contributed by atoms with E-state index in [1.165, 1.54) is 0 Å². The smallest absolute Gasteiger partial charge is 0.204 e. The molecule has 0 saturated heterocycles. The molecular weight excluding hydrogens is 364 g/mol. The van der Waals surface area contributed by atoms with E-state index in [0.29, 0.717) is 25.5 Å². The second kappa shape index (κ2) is 4.10. The van der Waals surface area contributed by atoms with Gasteiger partial charge in [-0.25, -0.2) is 0 Å². The summed E-state index contributed by atoms with van der Waals surface area (Å²) in [5, 5.41) is 10.6. The topological polar surface area (TPSA) is 50.4 Å². The standard InChI is InChI=1S/C13H6Br2O3/c14-7-5-8(15)13-10(12(7)17)11(16)6-3-1-2-4-9(6)18-13/h1-5,17H. The Morgan fingerprint density at radius 3 is 2.61 bits per heavy atom. The summed E-state index contributed by atoms with van der Waals surface area (Å²) in [6.07, 6.45) is 0. The minimum absolute atomic E-state index is 0.104. The Bertz CT molecular complexity index is 837. The summed E-state index contributed by atoms with van der Waals surface area (Å²) in [5.41, 5.74) is 0.600. The highest BCUT2D eigenvalue weighted by molar-refractivity contribution is 9.11. The molecule has 5 heteroatoms. The summed E-state index contributed by atoms with van der Waals surface area (Å²) in [5.74, 6) is -0.104. The molecule has 0 radical (unpaired) electrons. The summed E-state index contributed by atoms with van der Waals surface area (Å²) in [6.45, 7) is 0. The number of aromatic hydroxyl groups is 1. The predicted molar refractivity (Wildman–Crippen MR) is 77.1 cm³/mol. The molecule has 3 rings (SSSR count). The van der Waals surface area contributed by atoms with Gasteiger partial charge >= 0.3 is 0 Å². The van der Waals surface area contributed by atoms with Crippen molar-refractivity contribution in [1.29, 1.82) is 0 Å². The molecule has 3 nitrogen and oxygen atoms in total. The van der Waals surface area contributed by atoms with E-state index in [9.17, 15) is 9.90 Å². The highest BCUT2D eigenvalue weighted by Crippen LogP contribution is 2.37. The van der Waals surface area contributed by atoms with Gasteiger partial charge in [-0.3, -0.25) is 4.79 Å². The second-order valence-corrected chi connectivity index (χ2v) is 5.53. The van der Waals surface area contributed by atoms with Crippen LogP contribution in [0.25, 0.3) is 21.9 Å². The molecule has 0 aliphatic rings. The van der Waals surface area contributed by atoms with E-state index in [0.717, 1.165) is 0 Å². The Kier molecular flexibility index (Phi) is 2.68. The van der Waals surface area contributed by atoms with Gasteiger partial charge in [0.25, 0.3) is 0 Å². The summed E-state index contributed by atoms with van der Waals surface area (Å²) in [6, 6.07) is 8.60. The Morgan fingerprint density at radius 2 is 1.83 bits per heavy atom. The molecular formula is C13H6Br2O3. The minimum atomic E-state index is -0.244. The number of benzene rings is 2. The van der Waals surface area contributed by atoms with E-state index >= 15 is 0 Å². The van der Waals surface area contributed by atoms with E-state index < -0.39 is 0 Å². The molecule has 0 aliphatic heterocycles. The van der Waals surface area contributed by atoms with E-state index in [-0.39, 0.29) is 16.6 Å². The van der Waals surface area contributed by atoms with Crippen LogP contribution in [0, 0.1) is 0 Å². The average molecular weight is 370 g/mol. The summed E-state index contributed by atoms with van der Waals surface area (Å²) < 4.78 is 6.73. The Labute approximate surface area is 118 Å². The number of hydrogen-bond donors (Lipinski definition) is 1. The van der Waals surface area contributed by atoms with Gasteiger partial charge in [0.05, 0.1) is 14.3 Å². The molecule has 1 N–H and O–H groups in total. The Hall–Kier alpha value is -1.33. The van der Waals surface area contributed by atoms with Gasteiger partial charge in [-0.1, -0.05) is 12.1 Å². The summed E-state index contributed by atoms with van der Waals surface area (Å²) in [7, 11) is 0. The molecule has 18 heavy (non-hydrogen) atoms. The highest BCUT2D eigenvalue weighted by atomic mass is 79.9. The number of fused-ring (bicyclic) bond motifs is 2. The zero-order valence-electron chi connectivity index (χ0n) is 8.91. The SMILES string of the molecule is O=c1c2ccccc2oc2c(Br)cc(Br)c(O)c12. The van der Waals surface area contributed by atoms with Crippen molar-refractivity contribution in [3.8, 4) is 5.75 Å². The molecule has 90 valence electrons. The van der Waals surface area contributed by atoms with E-state index in [4.69, 9.17) is 4.42 Å². The zero-order valence-corrected chi connectivity index (χ0v) is 12.1. The van der Waals surface area contributed by atoms with Crippen molar-refractivity contribution in [1.82, 2.24) is 0 Å². The third kappa shape index (κ3) is 1.58. The maximum atomic E-state index is 12.4. The maximum Gasteiger partial charge on any atom is 0.204 e. The largest absolute Gasteiger partial charge is 0.506 e. The number of hydrogen-bond acceptors (Lipinski definition) is 3. The minimum Gasteiger partial charge on any atom is -0.506 e. The predicted octanol–water partition coefficient (Wildman–Crippen LogP) is 4.18. The van der Waals surface area contributed by atoms with Crippen LogP contribution in [0.5, 0.6) is 5.75 Å². The van der Waals surface area contributed by atoms with Crippen LogP contribution in [-0.4, -0.2) is 5.11 Å². The Morgan fingerprint density at radius 1 is 1.11 bits per heavy atom. The third-order valence-electron chi connectivity index (χ3n) is 2.73. The van der Waals surface area contributed by atoms with E-state index in [1.807, 2.05) is 0 Å². The van der Waals surface area contributed by atoms with Gasteiger partial charge in [0.2, 0.25) is 5.43 Å². The van der Waals surface area contributed by atoms with Crippen LogP contribution in [0.4, 0.5) is 0 Å². The molecule has 0 saturated carbocycles. The Balaban J connectivity index is 2.69. The quantitative estimate of drug-likeness (QED) is 0.605. The fourth-order valence-corrected chi connectivity index (χ4v) is 3.13. The van der Waals surface area contributed by atoms with E-state index in [2.05, 4.69) is 31.9 Å². The fourth-order valence-electron chi connectivity index (χ4n) is 1.89. The molecule has 3 aromatic rings. The molecule has 0 aliphatic carbocycles. The van der Waals surface area contributed by atoms with E-state index in [1.54, 1.807) is 30.3 Å².